The number of amides is 2. The molecule has 0 fully saturated rings. The fourth-order valence-corrected chi connectivity index (χ4v) is 0.842. The van der Waals surface area contributed by atoms with Gasteiger partial charge >= 0.3 is 6.03 Å². The Hall–Kier alpha value is -1.46. The highest BCUT2D eigenvalue weighted by Crippen LogP contribution is 2.14. The van der Waals surface area contributed by atoms with Crippen LogP contribution < -0.4 is 21.3 Å². The van der Waals surface area contributed by atoms with Crippen LogP contribution in [0, 0.1) is 0 Å². The molecule has 4 N–H and O–H groups in total. The van der Waals surface area contributed by atoms with E-state index in [1.807, 2.05) is 5.43 Å². The van der Waals surface area contributed by atoms with Crippen molar-refractivity contribution < 1.29 is 9.53 Å². The van der Waals surface area contributed by atoms with Crippen LogP contribution in [0.3, 0.4) is 0 Å². The lowest BCUT2D eigenvalue weighted by Gasteiger charge is -2.04. The molecule has 0 heterocycles. The number of methoxy groups -OCH3 is 1. The Labute approximate surface area is 88.0 Å². The number of hydrazine groups is 1. The highest BCUT2D eigenvalue weighted by Gasteiger charge is 1.97. The Morgan fingerprint density at radius 1 is 1.36 bits per heavy atom. The molecular formula is C8H12ClN3O2. The van der Waals surface area contributed by atoms with E-state index in [1.165, 1.54) is 0 Å². The zero-order valence-corrected chi connectivity index (χ0v) is 8.43. The fraction of sp³-hybridized carbons (Fsp3) is 0.125. The molecule has 1 aromatic rings. The second kappa shape index (κ2) is 6.06. The van der Waals surface area contributed by atoms with E-state index in [0.717, 1.165) is 5.75 Å². The van der Waals surface area contributed by atoms with E-state index in [-0.39, 0.29) is 12.4 Å². The molecule has 0 aliphatic heterocycles. The number of urea groups is 1. The first-order valence-electron chi connectivity index (χ1n) is 3.68. The lowest BCUT2D eigenvalue weighted by atomic mass is 10.3. The molecule has 0 spiro atoms. The quantitative estimate of drug-likeness (QED) is 0.395. The van der Waals surface area contributed by atoms with E-state index in [1.54, 1.807) is 31.4 Å². The predicted octanol–water partition coefficient (Wildman–Crippen LogP) is 1.11. The molecule has 0 aliphatic rings. The van der Waals surface area contributed by atoms with Crippen molar-refractivity contribution in [1.29, 1.82) is 0 Å². The average molecular weight is 218 g/mol. The van der Waals surface area contributed by atoms with Gasteiger partial charge in [0.15, 0.2) is 0 Å². The number of hydrogen-bond acceptors (Lipinski definition) is 3. The van der Waals surface area contributed by atoms with Crippen LogP contribution in [0.2, 0.25) is 0 Å². The van der Waals surface area contributed by atoms with Crippen LogP contribution in [-0.2, 0) is 0 Å². The van der Waals surface area contributed by atoms with Crippen molar-refractivity contribution in [3.05, 3.63) is 24.3 Å². The summed E-state index contributed by atoms with van der Waals surface area (Å²) in [4.78, 5) is 10.8. The Balaban J connectivity index is 0.00000169. The number of nitrogens with two attached hydrogens (primary N) is 1. The van der Waals surface area contributed by atoms with E-state index >= 15 is 0 Å². The van der Waals surface area contributed by atoms with Crippen molar-refractivity contribution in [2.24, 2.45) is 5.84 Å². The van der Waals surface area contributed by atoms with E-state index in [4.69, 9.17) is 10.6 Å². The first kappa shape index (κ1) is 12.5. The number of nitrogens with one attached hydrogen (secondary N) is 2. The number of halogens is 1. The lowest BCUT2D eigenvalue weighted by molar-refractivity contribution is 0.252. The van der Waals surface area contributed by atoms with Crippen molar-refractivity contribution in [3.63, 3.8) is 0 Å². The third-order valence-corrected chi connectivity index (χ3v) is 1.48. The maximum atomic E-state index is 10.8. The first-order chi connectivity index (χ1) is 6.26. The van der Waals surface area contributed by atoms with E-state index in [2.05, 4.69) is 5.32 Å². The minimum atomic E-state index is -0.454. The molecule has 78 valence electrons. The molecule has 14 heavy (non-hydrogen) atoms. The molecule has 0 bridgehead atoms. The number of benzene rings is 1. The summed E-state index contributed by atoms with van der Waals surface area (Å²) in [5.74, 6) is 5.62. The number of carbonyl (C=O) groups is 1. The summed E-state index contributed by atoms with van der Waals surface area (Å²) in [6.45, 7) is 0. The number of ether oxygens (including phenoxy) is 1. The average Bonchev–Trinajstić information content (AvgIpc) is 2.19. The molecular weight excluding hydrogens is 206 g/mol. The van der Waals surface area contributed by atoms with Gasteiger partial charge in [-0.1, -0.05) is 0 Å². The number of hydrogen-bond donors (Lipinski definition) is 3. The normalized spacial score (nSPS) is 8.43. The Morgan fingerprint density at radius 3 is 2.36 bits per heavy atom. The number of carbonyl (C=O) groups excluding carboxylic acids is 1. The van der Waals surface area contributed by atoms with Crippen LogP contribution in [-0.4, -0.2) is 13.1 Å². The second-order valence-corrected chi connectivity index (χ2v) is 2.33. The van der Waals surface area contributed by atoms with Crippen molar-refractivity contribution in [2.45, 2.75) is 0 Å². The summed E-state index contributed by atoms with van der Waals surface area (Å²) in [6, 6.07) is 6.46. The second-order valence-electron chi connectivity index (χ2n) is 2.33. The van der Waals surface area contributed by atoms with Gasteiger partial charge in [-0.05, 0) is 24.3 Å². The van der Waals surface area contributed by atoms with Gasteiger partial charge in [0, 0.05) is 5.69 Å². The van der Waals surface area contributed by atoms with Crippen LogP contribution in [0.5, 0.6) is 5.75 Å². The highest BCUT2D eigenvalue weighted by atomic mass is 35.5. The van der Waals surface area contributed by atoms with Crippen molar-refractivity contribution in [2.75, 3.05) is 12.4 Å². The molecule has 2 amide bonds. The van der Waals surface area contributed by atoms with Gasteiger partial charge < -0.3 is 10.1 Å². The number of rotatable bonds is 2. The molecule has 0 atom stereocenters. The van der Waals surface area contributed by atoms with Crippen LogP contribution >= 0.6 is 12.4 Å². The topological polar surface area (TPSA) is 76.4 Å². The molecule has 0 unspecified atom stereocenters. The molecule has 1 aromatic carbocycles. The van der Waals surface area contributed by atoms with Gasteiger partial charge in [0.25, 0.3) is 0 Å². The highest BCUT2D eigenvalue weighted by molar-refractivity contribution is 5.88. The SMILES string of the molecule is COc1ccc(NC(=O)NN)cc1.Cl. The van der Waals surface area contributed by atoms with Gasteiger partial charge in [0.1, 0.15) is 5.75 Å². The third-order valence-electron chi connectivity index (χ3n) is 1.48. The Bertz CT molecular complexity index is 289. The van der Waals surface area contributed by atoms with E-state index in [9.17, 15) is 4.79 Å². The minimum Gasteiger partial charge on any atom is -0.497 e. The Morgan fingerprint density at radius 2 is 1.93 bits per heavy atom. The molecule has 5 nitrogen and oxygen atoms in total. The van der Waals surface area contributed by atoms with E-state index in [0.29, 0.717) is 5.69 Å². The third kappa shape index (κ3) is 3.51. The number of anilines is 1. The molecule has 6 heteroatoms. The molecule has 0 aliphatic carbocycles. The molecule has 0 radical (unpaired) electrons. The molecule has 0 aromatic heterocycles. The van der Waals surface area contributed by atoms with E-state index < -0.39 is 6.03 Å². The van der Waals surface area contributed by atoms with Crippen molar-refractivity contribution in [1.82, 2.24) is 5.43 Å². The van der Waals surface area contributed by atoms with Gasteiger partial charge in [-0.25, -0.2) is 10.6 Å². The maximum Gasteiger partial charge on any atom is 0.333 e. The monoisotopic (exact) mass is 217 g/mol. The molecule has 0 saturated carbocycles. The Kier molecular flexibility index (Phi) is 5.43. The largest absolute Gasteiger partial charge is 0.497 e. The summed E-state index contributed by atoms with van der Waals surface area (Å²) >= 11 is 0. The summed E-state index contributed by atoms with van der Waals surface area (Å²) < 4.78 is 4.95. The van der Waals surface area contributed by atoms with Gasteiger partial charge in [-0.2, -0.15) is 0 Å². The standard InChI is InChI=1S/C8H11N3O2.ClH/c1-13-7-4-2-6(3-5-7)10-8(12)11-9;/h2-5H,9H2,1H3,(H2,10,11,12);1H. The van der Waals surface area contributed by atoms with Crippen LogP contribution in [0.1, 0.15) is 0 Å². The van der Waals surface area contributed by atoms with Crippen molar-refractivity contribution >= 4 is 24.1 Å². The van der Waals surface area contributed by atoms with Gasteiger partial charge in [0.05, 0.1) is 7.11 Å². The minimum absolute atomic E-state index is 0. The summed E-state index contributed by atoms with van der Waals surface area (Å²) in [5.41, 5.74) is 2.62. The first-order valence-corrected chi connectivity index (χ1v) is 3.68. The summed E-state index contributed by atoms with van der Waals surface area (Å²) in [6.07, 6.45) is 0. The summed E-state index contributed by atoms with van der Waals surface area (Å²) in [5, 5.41) is 2.51. The van der Waals surface area contributed by atoms with Crippen LogP contribution in [0.15, 0.2) is 24.3 Å². The summed E-state index contributed by atoms with van der Waals surface area (Å²) in [7, 11) is 1.58. The zero-order chi connectivity index (χ0) is 9.68. The van der Waals surface area contributed by atoms with Gasteiger partial charge in [0.2, 0.25) is 0 Å². The maximum absolute atomic E-state index is 10.8. The van der Waals surface area contributed by atoms with Crippen LogP contribution in [0.4, 0.5) is 10.5 Å². The smallest absolute Gasteiger partial charge is 0.333 e. The zero-order valence-electron chi connectivity index (χ0n) is 7.61. The van der Waals surface area contributed by atoms with Gasteiger partial charge in [-0.3, -0.25) is 5.43 Å². The molecule has 0 saturated heterocycles. The molecule has 1 rings (SSSR count). The van der Waals surface area contributed by atoms with Crippen molar-refractivity contribution in [3.8, 4) is 5.75 Å². The lowest BCUT2D eigenvalue weighted by Crippen LogP contribution is -2.34. The fourth-order valence-electron chi connectivity index (χ4n) is 0.842. The predicted molar refractivity (Wildman–Crippen MR) is 56.6 cm³/mol. The van der Waals surface area contributed by atoms with Crippen LogP contribution in [0.25, 0.3) is 0 Å². The van der Waals surface area contributed by atoms with Gasteiger partial charge in [-0.15, -0.1) is 12.4 Å².